The smallest absolute Gasteiger partial charge is 0.407 e. The Morgan fingerprint density at radius 1 is 0.822 bits per heavy atom. The summed E-state index contributed by atoms with van der Waals surface area (Å²) in [5.41, 5.74) is 1.92. The van der Waals surface area contributed by atoms with Crippen LogP contribution in [0.4, 0.5) is 20.1 Å². The highest BCUT2D eigenvalue weighted by atomic mass is 32.1. The molecule has 0 fully saturated rings. The van der Waals surface area contributed by atoms with E-state index in [2.05, 4.69) is 36.3 Å². The molecule has 3 amide bonds. The Balaban J connectivity index is 1.16. The second kappa shape index (κ2) is 15.8. The fourth-order valence-corrected chi connectivity index (χ4v) is 5.02. The number of anilines is 2. The van der Waals surface area contributed by atoms with Gasteiger partial charge in [-0.1, -0.05) is 53.8 Å². The van der Waals surface area contributed by atoms with E-state index in [0.29, 0.717) is 22.9 Å². The summed E-state index contributed by atoms with van der Waals surface area (Å²) in [5, 5.41) is 25.8. The quantitative estimate of drug-likeness (QED) is 0.165. The lowest BCUT2D eigenvalue weighted by Crippen LogP contribution is -2.32. The Labute approximate surface area is 265 Å². The van der Waals surface area contributed by atoms with Crippen LogP contribution in [0, 0.1) is 5.82 Å². The molecule has 0 bridgehead atoms. The van der Waals surface area contributed by atoms with Crippen LogP contribution in [-0.4, -0.2) is 43.9 Å². The first-order valence-electron chi connectivity index (χ1n) is 14.6. The van der Waals surface area contributed by atoms with E-state index >= 15 is 0 Å². The third-order valence-corrected chi connectivity index (χ3v) is 7.18. The number of aromatic nitrogens is 4. The van der Waals surface area contributed by atoms with E-state index in [1.54, 1.807) is 26.8 Å². The van der Waals surface area contributed by atoms with Crippen molar-refractivity contribution in [2.75, 3.05) is 10.6 Å². The number of nitrogens with one attached hydrogen (secondary N) is 3. The maximum atomic E-state index is 14.3. The van der Waals surface area contributed by atoms with Gasteiger partial charge < -0.3 is 20.7 Å². The van der Waals surface area contributed by atoms with Gasteiger partial charge in [-0.15, -0.1) is 15.3 Å². The number of benzene rings is 2. The first kappa shape index (κ1) is 33.1. The third kappa shape index (κ3) is 11.7. The molecular weight excluding hydrogens is 597 g/mol. The SMILES string of the molecule is CC(C)(C)OC(=O)NCc1cc(CC(=O)Nc2nnc(CCCCc3ccc(NC(=O)Cc4ccccc4)nn3)s2)ccc1F. The molecule has 0 saturated carbocycles. The van der Waals surface area contributed by atoms with Crippen molar-refractivity contribution in [1.82, 2.24) is 25.7 Å². The average molecular weight is 634 g/mol. The molecule has 0 atom stereocenters. The van der Waals surface area contributed by atoms with Gasteiger partial charge in [-0.05, 0) is 69.4 Å². The van der Waals surface area contributed by atoms with Gasteiger partial charge in [0, 0.05) is 18.5 Å². The second-order valence-corrected chi connectivity index (χ2v) is 12.4. The van der Waals surface area contributed by atoms with Crippen molar-refractivity contribution in [2.45, 2.75) is 71.4 Å². The number of nitrogens with zero attached hydrogens (tertiary/aromatic N) is 4. The van der Waals surface area contributed by atoms with Gasteiger partial charge in [0.15, 0.2) is 5.82 Å². The van der Waals surface area contributed by atoms with Gasteiger partial charge in [0.1, 0.15) is 16.4 Å². The predicted octanol–water partition coefficient (Wildman–Crippen LogP) is 5.42. The highest BCUT2D eigenvalue weighted by molar-refractivity contribution is 7.15. The van der Waals surface area contributed by atoms with Crippen molar-refractivity contribution in [3.05, 3.63) is 93.9 Å². The van der Waals surface area contributed by atoms with Crippen LogP contribution < -0.4 is 16.0 Å². The highest BCUT2D eigenvalue weighted by Crippen LogP contribution is 2.19. The van der Waals surface area contributed by atoms with Crippen molar-refractivity contribution in [3.63, 3.8) is 0 Å². The van der Waals surface area contributed by atoms with Gasteiger partial charge in [0.05, 0.1) is 18.5 Å². The van der Waals surface area contributed by atoms with Crippen LogP contribution in [0.1, 0.15) is 61.0 Å². The summed E-state index contributed by atoms with van der Waals surface area (Å²) in [7, 11) is 0. The molecule has 0 radical (unpaired) electrons. The monoisotopic (exact) mass is 633 g/mol. The van der Waals surface area contributed by atoms with E-state index in [1.165, 1.54) is 29.5 Å². The Morgan fingerprint density at radius 2 is 1.56 bits per heavy atom. The first-order chi connectivity index (χ1) is 21.5. The Bertz CT molecular complexity index is 1590. The third-order valence-electron chi connectivity index (χ3n) is 6.28. The largest absolute Gasteiger partial charge is 0.444 e. The number of rotatable bonds is 13. The van der Waals surface area contributed by atoms with Crippen molar-refractivity contribution >= 4 is 40.2 Å². The fraction of sp³-hybridized carbons (Fsp3) is 0.344. The van der Waals surface area contributed by atoms with Crippen LogP contribution in [-0.2, 0) is 46.6 Å². The topological polar surface area (TPSA) is 148 Å². The second-order valence-electron chi connectivity index (χ2n) is 11.3. The molecule has 2 aromatic heterocycles. The molecule has 0 saturated heterocycles. The Kier molecular flexibility index (Phi) is 11.6. The van der Waals surface area contributed by atoms with Gasteiger partial charge in [-0.25, -0.2) is 9.18 Å². The summed E-state index contributed by atoms with van der Waals surface area (Å²) >= 11 is 1.30. The van der Waals surface area contributed by atoms with Crippen LogP contribution in [0.5, 0.6) is 0 Å². The number of aryl methyl sites for hydroxylation is 2. The standard InChI is InChI=1S/C32H36FN7O4S/c1-32(2,3)44-31(43)34-20-23-17-22(13-15-25(23)33)19-28(42)36-30-40-39-29(45-30)12-8-7-11-24-14-16-26(38-37-24)35-27(41)18-21-9-5-4-6-10-21/h4-6,9-10,13-17H,7-8,11-12,18-20H2,1-3H3,(H,34,43)(H,35,38,41)(H,36,40,42). The number of hydrogen-bond acceptors (Lipinski definition) is 9. The van der Waals surface area contributed by atoms with Gasteiger partial charge in [0.2, 0.25) is 16.9 Å². The Morgan fingerprint density at radius 3 is 2.29 bits per heavy atom. The molecule has 3 N–H and O–H groups in total. The number of ether oxygens (including phenoxy) is 1. The number of unbranched alkanes of at least 4 members (excludes halogenated alkanes) is 1. The number of carbonyl (C=O) groups excluding carboxylic acids is 3. The van der Waals surface area contributed by atoms with Crippen molar-refractivity contribution in [2.24, 2.45) is 0 Å². The van der Waals surface area contributed by atoms with E-state index in [0.717, 1.165) is 35.5 Å². The van der Waals surface area contributed by atoms with Crippen LogP contribution >= 0.6 is 11.3 Å². The molecule has 45 heavy (non-hydrogen) atoms. The van der Waals surface area contributed by atoms with Gasteiger partial charge >= 0.3 is 6.09 Å². The molecule has 2 aromatic carbocycles. The van der Waals surface area contributed by atoms with E-state index in [4.69, 9.17) is 4.74 Å². The van der Waals surface area contributed by atoms with Crippen molar-refractivity contribution in [1.29, 1.82) is 0 Å². The molecule has 13 heteroatoms. The normalized spacial score (nSPS) is 11.1. The number of halogens is 1. The van der Waals surface area contributed by atoms with Gasteiger partial charge in [-0.2, -0.15) is 5.10 Å². The zero-order chi connectivity index (χ0) is 32.2. The summed E-state index contributed by atoms with van der Waals surface area (Å²) in [6.07, 6.45) is 2.74. The van der Waals surface area contributed by atoms with Gasteiger partial charge in [-0.3, -0.25) is 9.59 Å². The fourth-order valence-electron chi connectivity index (χ4n) is 4.22. The summed E-state index contributed by atoms with van der Waals surface area (Å²) < 4.78 is 19.4. The number of alkyl carbamates (subject to hydrolysis) is 1. The molecule has 4 rings (SSSR count). The van der Waals surface area contributed by atoms with E-state index in [9.17, 15) is 18.8 Å². The molecule has 0 unspecified atom stereocenters. The highest BCUT2D eigenvalue weighted by Gasteiger charge is 2.17. The van der Waals surface area contributed by atoms with Crippen LogP contribution in [0.2, 0.25) is 0 Å². The zero-order valence-corrected chi connectivity index (χ0v) is 26.2. The summed E-state index contributed by atoms with van der Waals surface area (Å²) in [4.78, 5) is 36.7. The van der Waals surface area contributed by atoms with Crippen molar-refractivity contribution < 1.29 is 23.5 Å². The molecule has 0 aliphatic heterocycles. The van der Waals surface area contributed by atoms with Crippen LogP contribution in [0.15, 0.2) is 60.7 Å². The molecule has 236 valence electrons. The molecule has 2 heterocycles. The summed E-state index contributed by atoms with van der Waals surface area (Å²) in [6.45, 7) is 5.15. The predicted molar refractivity (Wildman–Crippen MR) is 169 cm³/mol. The van der Waals surface area contributed by atoms with Crippen LogP contribution in [0.25, 0.3) is 0 Å². The van der Waals surface area contributed by atoms with Crippen molar-refractivity contribution in [3.8, 4) is 0 Å². The molecule has 0 aliphatic carbocycles. The molecule has 0 spiro atoms. The molecule has 0 aliphatic rings. The molecule has 11 nitrogen and oxygen atoms in total. The van der Waals surface area contributed by atoms with E-state index < -0.39 is 17.5 Å². The molecule has 4 aromatic rings. The minimum atomic E-state index is -0.666. The summed E-state index contributed by atoms with van der Waals surface area (Å²) in [6, 6.07) is 17.4. The van der Waals surface area contributed by atoms with Gasteiger partial charge in [0.25, 0.3) is 0 Å². The molecular formula is C32H36FN7O4S. The maximum Gasteiger partial charge on any atom is 0.407 e. The lowest BCUT2D eigenvalue weighted by molar-refractivity contribution is -0.116. The lowest BCUT2D eigenvalue weighted by Gasteiger charge is -2.19. The maximum absolute atomic E-state index is 14.3. The van der Waals surface area contributed by atoms with E-state index in [1.807, 2.05) is 36.4 Å². The Hall–Kier alpha value is -4.78. The number of amides is 3. The average Bonchev–Trinajstić information content (AvgIpc) is 3.42. The lowest BCUT2D eigenvalue weighted by atomic mass is 10.1. The van der Waals surface area contributed by atoms with Crippen LogP contribution in [0.3, 0.4) is 0 Å². The number of carbonyl (C=O) groups is 3. The first-order valence-corrected chi connectivity index (χ1v) is 15.4. The summed E-state index contributed by atoms with van der Waals surface area (Å²) in [5.74, 6) is -0.534. The minimum Gasteiger partial charge on any atom is -0.444 e. The number of hydrogen-bond donors (Lipinski definition) is 3. The van der Waals surface area contributed by atoms with E-state index in [-0.39, 0.29) is 36.8 Å². The zero-order valence-electron chi connectivity index (χ0n) is 25.4. The minimum absolute atomic E-state index is 0.00512.